The molecule has 0 aliphatic rings. The number of nitrogens with zero attached hydrogens (tertiary/aromatic N) is 1. The SMILES string of the molecule is Cl.[N].[P].[S]. The summed E-state index contributed by atoms with van der Waals surface area (Å²) in [5, 5.41) is 0. The van der Waals surface area contributed by atoms with E-state index in [1.807, 2.05) is 0 Å². The highest BCUT2D eigenvalue weighted by atomic mass is 35.5. The fourth-order valence-corrected chi connectivity index (χ4v) is 0. The topological polar surface area (TPSA) is 30.5 Å². The number of halogens is 1. The monoisotopic (exact) mass is 113 g/mol. The van der Waals surface area contributed by atoms with E-state index >= 15 is 0 Å². The van der Waals surface area contributed by atoms with Gasteiger partial charge in [-0.2, -0.15) is 0 Å². The van der Waals surface area contributed by atoms with Crippen molar-refractivity contribution in [3.63, 3.8) is 0 Å². The van der Waals surface area contributed by atoms with Crippen LogP contribution in [0.25, 0.3) is 0 Å². The third kappa shape index (κ3) is 11.8. The molecule has 0 bridgehead atoms. The lowest BCUT2D eigenvalue weighted by Crippen LogP contribution is -0.481. The van der Waals surface area contributed by atoms with Gasteiger partial charge in [-0.25, -0.2) is 0 Å². The normalized spacial score (nSPS) is 0. The van der Waals surface area contributed by atoms with Crippen molar-refractivity contribution in [1.29, 1.82) is 0 Å². The van der Waals surface area contributed by atoms with Crippen LogP contribution in [0.5, 0.6) is 0 Å². The van der Waals surface area contributed by atoms with Gasteiger partial charge in [-0.3, -0.25) is 0 Å². The molecule has 0 atom stereocenters. The first kappa shape index (κ1) is 77.0. The minimum atomic E-state index is 0. The van der Waals surface area contributed by atoms with Crippen molar-refractivity contribution >= 4 is 35.8 Å². The molecule has 0 N–H and O–H groups in total. The molecule has 0 fully saturated rings. The summed E-state index contributed by atoms with van der Waals surface area (Å²) in [7, 11) is 0. The Morgan fingerprint density at radius 1 is 1.00 bits per heavy atom. The van der Waals surface area contributed by atoms with Crippen LogP contribution >= 0.6 is 35.8 Å². The van der Waals surface area contributed by atoms with Crippen LogP contribution in [0.15, 0.2) is 0 Å². The summed E-state index contributed by atoms with van der Waals surface area (Å²) in [5.41, 5.74) is 0. The first-order valence-electron chi connectivity index (χ1n) is 0. The summed E-state index contributed by atoms with van der Waals surface area (Å²) in [4.78, 5) is 0. The van der Waals surface area contributed by atoms with E-state index in [0.29, 0.717) is 0 Å². The molecule has 4 heteroatoms. The summed E-state index contributed by atoms with van der Waals surface area (Å²) in [6.07, 6.45) is 0. The standard InChI is InChI=1S/ClH.N.P.S/h1H;;;. The number of rotatable bonds is 0. The van der Waals surface area contributed by atoms with Crippen LogP contribution in [-0.4, -0.2) is 0 Å². The van der Waals surface area contributed by atoms with Crippen molar-refractivity contribution < 1.29 is 0 Å². The van der Waals surface area contributed by atoms with Crippen LogP contribution in [0, 0.1) is 0 Å². The highest BCUT2D eigenvalue weighted by Crippen LogP contribution is 0.861. The van der Waals surface area contributed by atoms with Crippen molar-refractivity contribution in [1.82, 2.24) is 6.15 Å². The zero-order valence-electron chi connectivity index (χ0n) is 1.71. The predicted molar refractivity (Wildman–Crippen MR) is 23.9 cm³/mol. The molecule has 0 aromatic heterocycles. The van der Waals surface area contributed by atoms with Crippen molar-refractivity contribution in [3.05, 3.63) is 0 Å². The Morgan fingerprint density at radius 2 is 1.00 bits per heavy atom. The molecule has 0 aliphatic heterocycles. The summed E-state index contributed by atoms with van der Waals surface area (Å²) >= 11 is 0. The van der Waals surface area contributed by atoms with Crippen molar-refractivity contribution in [3.8, 4) is 0 Å². The molecule has 4 heavy (non-hydrogen) atoms. The van der Waals surface area contributed by atoms with Crippen LogP contribution in [0.4, 0.5) is 0 Å². The lowest BCUT2D eigenvalue weighted by Gasteiger charge is -0.147. The van der Waals surface area contributed by atoms with Crippen LogP contribution in [0.2, 0.25) is 0 Å². The molecule has 0 aromatic carbocycles. The average molecular weight is 114 g/mol. The van der Waals surface area contributed by atoms with Gasteiger partial charge >= 0.3 is 0 Å². The zero-order chi connectivity index (χ0) is 0. The van der Waals surface area contributed by atoms with Crippen molar-refractivity contribution in [2.45, 2.75) is 0 Å². The molecule has 0 heterocycles. The van der Waals surface area contributed by atoms with Crippen molar-refractivity contribution in [2.24, 2.45) is 0 Å². The minimum absolute atomic E-state index is 0. The molecule has 0 amide bonds. The van der Waals surface area contributed by atoms with E-state index in [-0.39, 0.29) is 42.0 Å². The smallest absolute Gasteiger partial charge is 0 e. The van der Waals surface area contributed by atoms with Crippen molar-refractivity contribution in [2.75, 3.05) is 0 Å². The van der Waals surface area contributed by atoms with Gasteiger partial charge in [-0.1, -0.05) is 0 Å². The summed E-state index contributed by atoms with van der Waals surface area (Å²) < 4.78 is 0. The molecule has 0 saturated heterocycles. The second-order valence-corrected chi connectivity index (χ2v) is 0. The second-order valence-electron chi connectivity index (χ2n) is 0. The Hall–Kier alpha value is 1.03. The largest absolute Gasteiger partial charge is 0.147 e. The van der Waals surface area contributed by atoms with Gasteiger partial charge in [-0.15, -0.1) is 12.4 Å². The maximum Gasteiger partial charge on any atom is 0 e. The van der Waals surface area contributed by atoms with Crippen LogP contribution in [-0.2, 0) is 0 Å². The van der Waals surface area contributed by atoms with Gasteiger partial charge in [0.15, 0.2) is 0 Å². The molecule has 1 nitrogen and oxygen atoms in total. The van der Waals surface area contributed by atoms with Gasteiger partial charge in [0.1, 0.15) is 0 Å². The van der Waals surface area contributed by atoms with Crippen LogP contribution in [0.1, 0.15) is 0 Å². The molecule has 8 radical (unpaired) electrons. The van der Waals surface area contributed by atoms with Gasteiger partial charge in [0.2, 0.25) is 0 Å². The first-order valence-corrected chi connectivity index (χ1v) is 0. The number of hydrogen-bond donors (Lipinski definition) is 0. The third-order valence-electron chi connectivity index (χ3n) is 0. The van der Waals surface area contributed by atoms with Gasteiger partial charge < -0.3 is 0 Å². The van der Waals surface area contributed by atoms with E-state index in [4.69, 9.17) is 0 Å². The molecule has 0 unspecified atom stereocenters. The quantitative estimate of drug-likeness (QED) is 0.426. The summed E-state index contributed by atoms with van der Waals surface area (Å²) in [5.74, 6) is 0. The highest BCUT2D eigenvalue weighted by molar-refractivity contribution is 7.59. The Morgan fingerprint density at radius 3 is 1.00 bits per heavy atom. The highest BCUT2D eigenvalue weighted by Gasteiger charge is 0.00202. The van der Waals surface area contributed by atoms with E-state index < -0.39 is 0 Å². The van der Waals surface area contributed by atoms with E-state index in [1.54, 1.807) is 0 Å². The Balaban J connectivity index is 0. The van der Waals surface area contributed by atoms with Gasteiger partial charge in [0.05, 0.1) is 0 Å². The van der Waals surface area contributed by atoms with Crippen LogP contribution < -0.4 is 6.15 Å². The molecular formula is HClNPS. The zero-order valence-corrected chi connectivity index (χ0v) is 4.24. The van der Waals surface area contributed by atoms with Gasteiger partial charge in [0.25, 0.3) is 0 Å². The summed E-state index contributed by atoms with van der Waals surface area (Å²) in [6.45, 7) is 0. The van der Waals surface area contributed by atoms with Gasteiger partial charge in [-0.05, 0) is 0 Å². The van der Waals surface area contributed by atoms with Crippen LogP contribution in [0.3, 0.4) is 0 Å². The molecule has 0 aliphatic carbocycles. The molecule has 0 aromatic rings. The molecular weight excluding hydrogens is 113 g/mol. The molecule has 0 rings (SSSR count). The molecule has 0 saturated carbocycles. The maximum atomic E-state index is 0. The van der Waals surface area contributed by atoms with E-state index in [1.165, 1.54) is 0 Å². The average Bonchev–Trinajstić information content (AvgIpc) is 0. The Labute approximate surface area is 42.6 Å². The number of hydrogen-bond acceptors (Lipinski definition) is 0. The molecule has 24 valence electrons. The fraction of sp³-hybridized carbons (Fsp3) is 0. The van der Waals surface area contributed by atoms with Gasteiger partial charge in [0, 0.05) is 29.5 Å². The first-order chi connectivity index (χ1) is 0. The predicted octanol–water partition coefficient (Wildman–Crippen LogP) is 1.45. The third-order valence-corrected chi connectivity index (χ3v) is 0. The van der Waals surface area contributed by atoms with E-state index in [9.17, 15) is 0 Å². The molecule has 0 spiro atoms. The maximum absolute atomic E-state index is 0. The summed E-state index contributed by atoms with van der Waals surface area (Å²) in [6, 6.07) is 0. The lowest BCUT2D eigenvalue weighted by atomic mass is 14.0. The minimum Gasteiger partial charge on any atom is -0.147 e. The second kappa shape index (κ2) is 34.9. The Bertz CT molecular complexity index is 8.00. The van der Waals surface area contributed by atoms with E-state index in [0.717, 1.165) is 0 Å². The lowest BCUT2D eigenvalue weighted by molar-refractivity contribution is 2.13. The Kier molecular flexibility index (Phi) is 671. The fourth-order valence-electron chi connectivity index (χ4n) is 0. The van der Waals surface area contributed by atoms with E-state index in [2.05, 4.69) is 0 Å².